The maximum absolute atomic E-state index is 12.4. The van der Waals surface area contributed by atoms with Crippen LogP contribution >= 0.6 is 11.6 Å². The van der Waals surface area contributed by atoms with Crippen LogP contribution in [0.1, 0.15) is 12.5 Å². The summed E-state index contributed by atoms with van der Waals surface area (Å²) in [5.41, 5.74) is 2.08. The number of carbonyl (C=O) groups excluding carboxylic acids is 1. The van der Waals surface area contributed by atoms with E-state index in [1.165, 1.54) is 0 Å². The van der Waals surface area contributed by atoms with Gasteiger partial charge in [0.25, 0.3) is 0 Å². The number of fused-ring (bicyclic) bond motifs is 1. The predicted molar refractivity (Wildman–Crippen MR) is 105 cm³/mol. The molecule has 0 radical (unpaired) electrons. The number of amides is 2. The molecule has 6 heteroatoms. The van der Waals surface area contributed by atoms with Gasteiger partial charge in [0.2, 0.25) is 0 Å². The summed E-state index contributed by atoms with van der Waals surface area (Å²) in [7, 11) is 1.79. The largest absolute Gasteiger partial charge is 0.485 e. The zero-order valence-electron chi connectivity index (χ0n) is 15.1. The van der Waals surface area contributed by atoms with Gasteiger partial charge >= 0.3 is 6.03 Å². The van der Waals surface area contributed by atoms with Crippen LogP contribution in [-0.2, 0) is 6.54 Å². The van der Waals surface area contributed by atoms with Gasteiger partial charge in [-0.1, -0.05) is 35.9 Å². The summed E-state index contributed by atoms with van der Waals surface area (Å²) in [6.07, 6.45) is -0.0632. The quantitative estimate of drug-likeness (QED) is 0.867. The standard InChI is InChI=1S/C20H24ClN3O2/c1-3-24-14-17(26-19-10-5-4-9-18(19)24)13-23(2)20(25)22-12-15-7-6-8-16(21)11-15/h4-11,17H,3,12-14H2,1-2H3,(H,22,25). The number of nitrogens with one attached hydrogen (secondary N) is 1. The lowest BCUT2D eigenvalue weighted by Crippen LogP contribution is -2.48. The van der Waals surface area contributed by atoms with Crippen LogP contribution in [0.2, 0.25) is 5.02 Å². The second kappa shape index (κ2) is 8.32. The molecule has 0 fully saturated rings. The third-order valence-corrected chi connectivity index (χ3v) is 4.70. The van der Waals surface area contributed by atoms with E-state index < -0.39 is 0 Å². The monoisotopic (exact) mass is 373 g/mol. The first-order valence-corrected chi connectivity index (χ1v) is 9.18. The molecule has 3 rings (SSSR count). The second-order valence-electron chi connectivity index (χ2n) is 6.42. The molecule has 2 amide bonds. The number of likely N-dealkylation sites (N-methyl/N-ethyl adjacent to an activating group) is 2. The van der Waals surface area contributed by atoms with Crippen LogP contribution in [0.4, 0.5) is 10.5 Å². The number of nitrogens with zero attached hydrogens (tertiary/aromatic N) is 2. The number of carbonyl (C=O) groups is 1. The van der Waals surface area contributed by atoms with Crippen LogP contribution in [-0.4, -0.2) is 43.7 Å². The van der Waals surface area contributed by atoms with Gasteiger partial charge in [-0.2, -0.15) is 0 Å². The van der Waals surface area contributed by atoms with Gasteiger partial charge in [-0.15, -0.1) is 0 Å². The van der Waals surface area contributed by atoms with Gasteiger partial charge in [0.15, 0.2) is 0 Å². The topological polar surface area (TPSA) is 44.8 Å². The van der Waals surface area contributed by atoms with E-state index in [2.05, 4.69) is 23.2 Å². The van der Waals surface area contributed by atoms with Crippen LogP contribution in [0, 0.1) is 0 Å². The van der Waals surface area contributed by atoms with Gasteiger partial charge in [0, 0.05) is 25.2 Å². The molecule has 0 saturated heterocycles. The number of halogens is 1. The number of benzene rings is 2. The summed E-state index contributed by atoms with van der Waals surface area (Å²) in [5, 5.41) is 3.58. The van der Waals surface area contributed by atoms with Gasteiger partial charge in [0.1, 0.15) is 11.9 Å². The Bertz CT molecular complexity index is 768. The highest BCUT2D eigenvalue weighted by atomic mass is 35.5. The molecule has 1 unspecified atom stereocenters. The molecule has 1 N–H and O–H groups in total. The summed E-state index contributed by atoms with van der Waals surface area (Å²) in [6, 6.07) is 15.4. The fourth-order valence-electron chi connectivity index (χ4n) is 3.12. The fourth-order valence-corrected chi connectivity index (χ4v) is 3.33. The molecule has 0 spiro atoms. The van der Waals surface area contributed by atoms with Crippen LogP contribution in [0.25, 0.3) is 0 Å². The molecule has 1 atom stereocenters. The van der Waals surface area contributed by atoms with Crippen LogP contribution < -0.4 is 15.0 Å². The number of rotatable bonds is 5. The first kappa shape index (κ1) is 18.4. The number of urea groups is 1. The summed E-state index contributed by atoms with van der Waals surface area (Å²) in [5.74, 6) is 0.873. The Morgan fingerprint density at radius 2 is 2.12 bits per heavy atom. The van der Waals surface area contributed by atoms with Crippen LogP contribution in [0.5, 0.6) is 5.75 Å². The van der Waals surface area contributed by atoms with E-state index in [9.17, 15) is 4.79 Å². The number of ether oxygens (including phenoxy) is 1. The maximum Gasteiger partial charge on any atom is 0.317 e. The minimum atomic E-state index is -0.129. The van der Waals surface area contributed by atoms with E-state index in [0.29, 0.717) is 18.1 Å². The van der Waals surface area contributed by atoms with Crippen molar-refractivity contribution in [1.82, 2.24) is 10.2 Å². The Balaban J connectivity index is 1.56. The molecular formula is C20H24ClN3O2. The average Bonchev–Trinajstić information content (AvgIpc) is 2.65. The number of anilines is 1. The Hall–Kier alpha value is -2.40. The van der Waals surface area contributed by atoms with E-state index >= 15 is 0 Å². The van der Waals surface area contributed by atoms with Crippen molar-refractivity contribution in [2.24, 2.45) is 0 Å². The summed E-state index contributed by atoms with van der Waals surface area (Å²) in [4.78, 5) is 16.3. The minimum Gasteiger partial charge on any atom is -0.485 e. The molecule has 1 aliphatic rings. The van der Waals surface area contributed by atoms with Crippen molar-refractivity contribution in [1.29, 1.82) is 0 Å². The van der Waals surface area contributed by atoms with Gasteiger partial charge < -0.3 is 19.9 Å². The molecule has 0 bridgehead atoms. The third-order valence-electron chi connectivity index (χ3n) is 4.46. The van der Waals surface area contributed by atoms with Crippen molar-refractivity contribution < 1.29 is 9.53 Å². The molecule has 138 valence electrons. The molecule has 0 aliphatic carbocycles. The average molecular weight is 374 g/mol. The summed E-state index contributed by atoms with van der Waals surface area (Å²) < 4.78 is 6.08. The lowest BCUT2D eigenvalue weighted by Gasteiger charge is -2.37. The molecule has 1 aliphatic heterocycles. The van der Waals surface area contributed by atoms with Crippen molar-refractivity contribution in [3.05, 3.63) is 59.1 Å². The highest BCUT2D eigenvalue weighted by Gasteiger charge is 2.26. The molecule has 2 aromatic rings. The summed E-state index contributed by atoms with van der Waals surface area (Å²) >= 11 is 5.98. The Kier molecular flexibility index (Phi) is 5.89. The molecule has 5 nitrogen and oxygen atoms in total. The highest BCUT2D eigenvalue weighted by molar-refractivity contribution is 6.30. The van der Waals surface area contributed by atoms with Gasteiger partial charge in [-0.3, -0.25) is 0 Å². The maximum atomic E-state index is 12.4. The van der Waals surface area contributed by atoms with E-state index in [-0.39, 0.29) is 12.1 Å². The van der Waals surface area contributed by atoms with E-state index in [1.54, 1.807) is 11.9 Å². The fraction of sp³-hybridized carbons (Fsp3) is 0.350. The minimum absolute atomic E-state index is 0.0632. The second-order valence-corrected chi connectivity index (χ2v) is 6.85. The van der Waals surface area contributed by atoms with Crippen molar-refractivity contribution in [3.63, 3.8) is 0 Å². The SMILES string of the molecule is CCN1CC(CN(C)C(=O)NCc2cccc(Cl)c2)Oc2ccccc21. The van der Waals surface area contributed by atoms with Gasteiger partial charge in [0.05, 0.1) is 18.8 Å². The molecular weight excluding hydrogens is 350 g/mol. The number of hydrogen-bond acceptors (Lipinski definition) is 3. The van der Waals surface area contributed by atoms with E-state index in [0.717, 1.165) is 30.1 Å². The van der Waals surface area contributed by atoms with Crippen LogP contribution in [0.3, 0.4) is 0 Å². The first-order valence-electron chi connectivity index (χ1n) is 8.81. The number of para-hydroxylation sites is 2. The molecule has 0 saturated carbocycles. The summed E-state index contributed by atoms with van der Waals surface area (Å²) in [6.45, 7) is 4.76. The van der Waals surface area contributed by atoms with Crippen molar-refractivity contribution in [2.45, 2.75) is 19.6 Å². The molecule has 1 heterocycles. The molecule has 0 aromatic heterocycles. The van der Waals surface area contributed by atoms with Crippen molar-refractivity contribution in [2.75, 3.05) is 31.6 Å². The van der Waals surface area contributed by atoms with Crippen LogP contribution in [0.15, 0.2) is 48.5 Å². The highest BCUT2D eigenvalue weighted by Crippen LogP contribution is 2.32. The van der Waals surface area contributed by atoms with Gasteiger partial charge in [-0.25, -0.2) is 4.79 Å². The first-order chi connectivity index (χ1) is 12.6. The smallest absolute Gasteiger partial charge is 0.317 e. The predicted octanol–water partition coefficient (Wildman–Crippen LogP) is 3.77. The Morgan fingerprint density at radius 1 is 1.31 bits per heavy atom. The molecule has 2 aromatic carbocycles. The van der Waals surface area contributed by atoms with E-state index in [1.807, 2.05) is 42.5 Å². The van der Waals surface area contributed by atoms with Crippen molar-refractivity contribution in [3.8, 4) is 5.75 Å². The van der Waals surface area contributed by atoms with Crippen molar-refractivity contribution >= 4 is 23.3 Å². The third kappa shape index (κ3) is 4.41. The lowest BCUT2D eigenvalue weighted by molar-refractivity contribution is 0.145. The number of hydrogen-bond donors (Lipinski definition) is 1. The zero-order valence-corrected chi connectivity index (χ0v) is 15.9. The Labute approximate surface area is 159 Å². The zero-order chi connectivity index (χ0) is 18.5. The Morgan fingerprint density at radius 3 is 2.88 bits per heavy atom. The van der Waals surface area contributed by atoms with E-state index in [4.69, 9.17) is 16.3 Å². The lowest BCUT2D eigenvalue weighted by atomic mass is 10.2. The van der Waals surface area contributed by atoms with Gasteiger partial charge in [-0.05, 0) is 36.8 Å². The normalized spacial score (nSPS) is 15.8. The molecule has 26 heavy (non-hydrogen) atoms.